The van der Waals surface area contributed by atoms with E-state index in [4.69, 9.17) is 4.52 Å². The van der Waals surface area contributed by atoms with Crippen LogP contribution in [0.3, 0.4) is 0 Å². The fraction of sp³-hybridized carbons (Fsp3) is 0.250. The van der Waals surface area contributed by atoms with E-state index in [2.05, 4.69) is 31.0 Å². The molecule has 3 rings (SSSR count). The molecule has 1 aromatic carbocycles. The van der Waals surface area contributed by atoms with Gasteiger partial charge in [0.25, 0.3) is 0 Å². The van der Waals surface area contributed by atoms with E-state index < -0.39 is 17.8 Å². The number of nitrogens with zero attached hydrogens (tertiary/aromatic N) is 2. The Hall–Kier alpha value is -3.36. The molecule has 0 unspecified atom stereocenters. The average molecular weight is 342 g/mol. The summed E-state index contributed by atoms with van der Waals surface area (Å²) in [6.07, 6.45) is 0.469. The molecular weight excluding hydrogens is 324 g/mol. The SMILES string of the molecule is Cc1noc(C)c1NC(=O)N[C@H](Cc1ccccc1)c1n[nH]c(=O)[nH]1. The highest BCUT2D eigenvalue weighted by Crippen LogP contribution is 2.19. The number of hydrogen-bond donors (Lipinski definition) is 4. The third-order valence-corrected chi connectivity index (χ3v) is 3.71. The number of aryl methyl sites for hydroxylation is 2. The molecule has 0 aliphatic rings. The first kappa shape index (κ1) is 16.5. The van der Waals surface area contributed by atoms with Crippen molar-refractivity contribution in [1.29, 1.82) is 0 Å². The summed E-state index contributed by atoms with van der Waals surface area (Å²) in [5, 5.41) is 15.6. The Morgan fingerprint density at radius 3 is 2.64 bits per heavy atom. The Kier molecular flexibility index (Phi) is 4.64. The molecule has 25 heavy (non-hydrogen) atoms. The molecule has 0 radical (unpaired) electrons. The summed E-state index contributed by atoms with van der Waals surface area (Å²) < 4.78 is 5.03. The zero-order valence-electron chi connectivity index (χ0n) is 13.8. The topological polar surface area (TPSA) is 129 Å². The second kappa shape index (κ2) is 7.04. The molecule has 1 atom stereocenters. The molecule has 0 aliphatic heterocycles. The van der Waals surface area contributed by atoms with E-state index in [1.807, 2.05) is 30.3 Å². The number of H-pyrrole nitrogens is 2. The molecule has 2 heterocycles. The van der Waals surface area contributed by atoms with Gasteiger partial charge in [-0.05, 0) is 19.4 Å². The number of carbonyl (C=O) groups excluding carboxylic acids is 1. The van der Waals surface area contributed by atoms with Crippen molar-refractivity contribution in [3.8, 4) is 0 Å². The predicted octanol–water partition coefficient (Wildman–Crippen LogP) is 1.81. The van der Waals surface area contributed by atoms with Crippen molar-refractivity contribution in [3.63, 3.8) is 0 Å². The quantitative estimate of drug-likeness (QED) is 0.562. The van der Waals surface area contributed by atoms with Gasteiger partial charge in [0, 0.05) is 6.42 Å². The van der Waals surface area contributed by atoms with Gasteiger partial charge in [0.15, 0.2) is 11.6 Å². The number of benzene rings is 1. The largest absolute Gasteiger partial charge is 0.359 e. The lowest BCUT2D eigenvalue weighted by Crippen LogP contribution is -2.34. The molecule has 0 bridgehead atoms. The highest BCUT2D eigenvalue weighted by molar-refractivity contribution is 5.90. The molecule has 3 aromatic rings. The van der Waals surface area contributed by atoms with Crippen LogP contribution in [0.2, 0.25) is 0 Å². The van der Waals surface area contributed by atoms with Crippen LogP contribution in [0.1, 0.15) is 28.9 Å². The minimum absolute atomic E-state index is 0.350. The van der Waals surface area contributed by atoms with Gasteiger partial charge in [-0.25, -0.2) is 14.7 Å². The Bertz CT molecular complexity index is 892. The molecule has 4 N–H and O–H groups in total. The zero-order chi connectivity index (χ0) is 17.8. The first-order chi connectivity index (χ1) is 12.0. The van der Waals surface area contributed by atoms with E-state index in [0.29, 0.717) is 29.4 Å². The lowest BCUT2D eigenvalue weighted by molar-refractivity contribution is 0.248. The van der Waals surface area contributed by atoms with Crippen molar-refractivity contribution in [2.75, 3.05) is 5.32 Å². The number of urea groups is 1. The van der Waals surface area contributed by atoms with Crippen LogP contribution in [0, 0.1) is 13.8 Å². The van der Waals surface area contributed by atoms with Crippen LogP contribution in [-0.2, 0) is 6.42 Å². The summed E-state index contributed by atoms with van der Waals surface area (Å²) in [4.78, 5) is 26.3. The summed E-state index contributed by atoms with van der Waals surface area (Å²) in [6, 6.07) is 8.64. The maximum absolute atomic E-state index is 12.4. The van der Waals surface area contributed by atoms with Crippen LogP contribution in [0.15, 0.2) is 39.6 Å². The minimum Gasteiger partial charge on any atom is -0.359 e. The van der Waals surface area contributed by atoms with Gasteiger partial charge < -0.3 is 15.2 Å². The fourth-order valence-corrected chi connectivity index (χ4v) is 2.48. The summed E-state index contributed by atoms with van der Waals surface area (Å²) in [5.74, 6) is 0.864. The van der Waals surface area contributed by atoms with Crippen molar-refractivity contribution in [3.05, 3.63) is 63.7 Å². The average Bonchev–Trinajstić information content (AvgIpc) is 3.16. The second-order valence-electron chi connectivity index (χ2n) is 5.60. The first-order valence-corrected chi connectivity index (χ1v) is 7.72. The van der Waals surface area contributed by atoms with Gasteiger partial charge in [0.05, 0.1) is 6.04 Å². The second-order valence-corrected chi connectivity index (χ2v) is 5.60. The number of anilines is 1. The van der Waals surface area contributed by atoms with Crippen LogP contribution in [0.4, 0.5) is 10.5 Å². The first-order valence-electron chi connectivity index (χ1n) is 7.72. The van der Waals surface area contributed by atoms with Crippen molar-refractivity contribution >= 4 is 11.7 Å². The fourth-order valence-electron chi connectivity index (χ4n) is 2.48. The number of aromatic amines is 2. The van der Waals surface area contributed by atoms with E-state index in [1.165, 1.54) is 0 Å². The van der Waals surface area contributed by atoms with E-state index in [1.54, 1.807) is 13.8 Å². The number of carbonyl (C=O) groups is 1. The maximum atomic E-state index is 12.4. The highest BCUT2D eigenvalue weighted by atomic mass is 16.5. The van der Waals surface area contributed by atoms with E-state index in [-0.39, 0.29) is 0 Å². The van der Waals surface area contributed by atoms with E-state index in [0.717, 1.165) is 5.56 Å². The molecule has 0 saturated carbocycles. The Balaban J connectivity index is 1.77. The highest BCUT2D eigenvalue weighted by Gasteiger charge is 2.20. The molecular formula is C16H18N6O3. The summed E-state index contributed by atoms with van der Waals surface area (Å²) in [5.41, 5.74) is 1.67. The van der Waals surface area contributed by atoms with Crippen molar-refractivity contribution in [2.24, 2.45) is 0 Å². The Morgan fingerprint density at radius 1 is 1.28 bits per heavy atom. The van der Waals surface area contributed by atoms with Crippen LogP contribution >= 0.6 is 0 Å². The predicted molar refractivity (Wildman–Crippen MR) is 90.2 cm³/mol. The van der Waals surface area contributed by atoms with Gasteiger partial charge in [-0.2, -0.15) is 5.10 Å². The normalized spacial score (nSPS) is 11.9. The minimum atomic E-state index is -0.512. The summed E-state index contributed by atoms with van der Waals surface area (Å²) >= 11 is 0. The smallest absolute Gasteiger partial charge is 0.340 e. The number of rotatable bonds is 5. The van der Waals surface area contributed by atoms with Crippen molar-refractivity contribution < 1.29 is 9.32 Å². The van der Waals surface area contributed by atoms with Crippen molar-refractivity contribution in [1.82, 2.24) is 25.7 Å². The van der Waals surface area contributed by atoms with E-state index >= 15 is 0 Å². The van der Waals surface area contributed by atoms with Crippen LogP contribution in [0.25, 0.3) is 0 Å². The van der Waals surface area contributed by atoms with Crippen molar-refractivity contribution in [2.45, 2.75) is 26.3 Å². The molecule has 9 heteroatoms. The monoisotopic (exact) mass is 342 g/mol. The molecule has 0 aliphatic carbocycles. The molecule has 9 nitrogen and oxygen atoms in total. The van der Waals surface area contributed by atoms with Gasteiger partial charge in [-0.3, -0.25) is 4.98 Å². The molecule has 0 saturated heterocycles. The Morgan fingerprint density at radius 2 is 2.04 bits per heavy atom. The summed E-state index contributed by atoms with van der Waals surface area (Å²) in [6.45, 7) is 3.45. The summed E-state index contributed by atoms with van der Waals surface area (Å²) in [7, 11) is 0. The maximum Gasteiger partial charge on any atom is 0.340 e. The molecule has 0 spiro atoms. The Labute approximate surface area is 142 Å². The molecule has 2 aromatic heterocycles. The van der Waals surface area contributed by atoms with Gasteiger partial charge in [-0.1, -0.05) is 35.5 Å². The van der Waals surface area contributed by atoms with Crippen LogP contribution in [-0.4, -0.2) is 26.4 Å². The number of aromatic nitrogens is 4. The molecule has 0 fully saturated rings. The standard InChI is InChI=1S/C16H18N6O3/c1-9-13(10(2)25-22-9)18-15(23)17-12(14-19-16(24)21-20-14)8-11-6-4-3-5-7-11/h3-7,12H,8H2,1-2H3,(H2,17,18,23)(H2,19,20,21,24)/t12-/m1/s1. The van der Waals surface area contributed by atoms with Gasteiger partial charge >= 0.3 is 11.7 Å². The zero-order valence-corrected chi connectivity index (χ0v) is 13.8. The molecule has 2 amide bonds. The van der Waals surface area contributed by atoms with Crippen LogP contribution in [0.5, 0.6) is 0 Å². The van der Waals surface area contributed by atoms with Crippen LogP contribution < -0.4 is 16.3 Å². The number of hydrogen-bond acceptors (Lipinski definition) is 5. The van der Waals surface area contributed by atoms with Gasteiger partial charge in [-0.15, -0.1) is 0 Å². The lowest BCUT2D eigenvalue weighted by Gasteiger charge is -2.17. The van der Waals surface area contributed by atoms with Gasteiger partial charge in [0.1, 0.15) is 11.4 Å². The van der Waals surface area contributed by atoms with E-state index in [9.17, 15) is 9.59 Å². The third kappa shape index (κ3) is 3.94. The van der Waals surface area contributed by atoms with Gasteiger partial charge in [0.2, 0.25) is 0 Å². The lowest BCUT2D eigenvalue weighted by atomic mass is 10.1. The number of amides is 2. The third-order valence-electron chi connectivity index (χ3n) is 3.71. The molecule has 130 valence electrons. The number of nitrogens with one attached hydrogen (secondary N) is 4.